The summed E-state index contributed by atoms with van der Waals surface area (Å²) in [5.74, 6) is -0.269. The maximum atomic E-state index is 13.5. The Morgan fingerprint density at radius 2 is 1.72 bits per heavy atom. The van der Waals surface area contributed by atoms with Gasteiger partial charge in [-0.3, -0.25) is 9.59 Å². The number of aromatic nitrogens is 1. The Hall–Kier alpha value is -4.10. The zero-order valence-electron chi connectivity index (χ0n) is 27.3. The summed E-state index contributed by atoms with van der Waals surface area (Å²) >= 11 is 1.49. The van der Waals surface area contributed by atoms with E-state index in [4.69, 9.17) is 4.18 Å². The second-order valence-electron chi connectivity index (χ2n) is 11.9. The van der Waals surface area contributed by atoms with Crippen molar-refractivity contribution in [3.63, 3.8) is 0 Å². The maximum Gasteiger partial charge on any atom is 0.306 e. The summed E-state index contributed by atoms with van der Waals surface area (Å²) < 4.78 is 28.6. The van der Waals surface area contributed by atoms with Gasteiger partial charge in [-0.1, -0.05) is 56.3 Å². The van der Waals surface area contributed by atoms with Crippen molar-refractivity contribution in [2.75, 3.05) is 19.8 Å². The van der Waals surface area contributed by atoms with Crippen molar-refractivity contribution in [1.82, 2.24) is 20.5 Å². The Kier molecular flexibility index (Phi) is 12.3. The lowest BCUT2D eigenvalue weighted by Gasteiger charge is -2.25. The van der Waals surface area contributed by atoms with Crippen molar-refractivity contribution in [2.24, 2.45) is 0 Å². The zero-order chi connectivity index (χ0) is 34.1. The molecule has 3 aromatic carbocycles. The summed E-state index contributed by atoms with van der Waals surface area (Å²) in [5.41, 5.74) is 4.23. The van der Waals surface area contributed by atoms with Gasteiger partial charge in [0.1, 0.15) is 10.8 Å². The van der Waals surface area contributed by atoms with Gasteiger partial charge in [0.05, 0.1) is 24.9 Å². The molecular weight excluding hydrogens is 637 g/mol. The molecule has 0 spiro atoms. The van der Waals surface area contributed by atoms with Crippen LogP contribution in [0.15, 0.2) is 78.2 Å². The number of aryl methyl sites for hydroxylation is 1. The van der Waals surface area contributed by atoms with Crippen LogP contribution in [0.5, 0.6) is 5.75 Å². The molecule has 0 radical (unpaired) electrons. The Bertz CT molecular complexity index is 1780. The summed E-state index contributed by atoms with van der Waals surface area (Å²) in [6.07, 6.45) is 0.401. The molecule has 4 rings (SSSR count). The molecule has 1 heterocycles. The summed E-state index contributed by atoms with van der Waals surface area (Å²) in [6, 6.07) is 20.8. The van der Waals surface area contributed by atoms with Crippen LogP contribution in [-0.2, 0) is 29.6 Å². The maximum absolute atomic E-state index is 13.5. The van der Waals surface area contributed by atoms with Crippen molar-refractivity contribution in [2.45, 2.75) is 58.3 Å². The molecule has 0 saturated carbocycles. The molecule has 0 saturated heterocycles. The summed E-state index contributed by atoms with van der Waals surface area (Å²) in [5, 5.41) is 20.3. The van der Waals surface area contributed by atoms with Gasteiger partial charge in [-0.15, -0.1) is 11.3 Å². The summed E-state index contributed by atoms with van der Waals surface area (Å²) in [6.45, 7) is 6.75. The van der Waals surface area contributed by atoms with Gasteiger partial charge in [-0.2, -0.15) is 8.42 Å². The van der Waals surface area contributed by atoms with Crippen LogP contribution in [0.2, 0.25) is 0 Å². The van der Waals surface area contributed by atoms with E-state index in [9.17, 15) is 23.1 Å². The Morgan fingerprint density at radius 1 is 1.00 bits per heavy atom. The summed E-state index contributed by atoms with van der Waals surface area (Å²) in [7, 11) is -2.00. The third-order valence-electron chi connectivity index (χ3n) is 7.42. The highest BCUT2D eigenvalue weighted by Gasteiger charge is 2.23. The van der Waals surface area contributed by atoms with Crippen LogP contribution in [-0.4, -0.2) is 67.2 Å². The van der Waals surface area contributed by atoms with E-state index in [2.05, 4.69) is 15.6 Å². The molecule has 0 aliphatic carbocycles. The minimum atomic E-state index is -3.69. The van der Waals surface area contributed by atoms with Crippen molar-refractivity contribution >= 4 is 33.3 Å². The second kappa shape index (κ2) is 16.1. The van der Waals surface area contributed by atoms with Crippen LogP contribution < -0.4 is 14.8 Å². The van der Waals surface area contributed by atoms with E-state index >= 15 is 0 Å². The van der Waals surface area contributed by atoms with E-state index in [-0.39, 0.29) is 24.1 Å². The van der Waals surface area contributed by atoms with Gasteiger partial charge >= 0.3 is 10.1 Å². The highest BCUT2D eigenvalue weighted by atomic mass is 32.2. The fourth-order valence-corrected chi connectivity index (χ4v) is 6.29. The number of benzene rings is 3. The Labute approximate surface area is 280 Å². The first-order chi connectivity index (χ1) is 22.3. The lowest BCUT2D eigenvalue weighted by molar-refractivity contribution is 0.0784. The number of amides is 2. The van der Waals surface area contributed by atoms with Crippen LogP contribution in [0.4, 0.5) is 0 Å². The zero-order valence-corrected chi connectivity index (χ0v) is 28.9. The molecule has 250 valence electrons. The van der Waals surface area contributed by atoms with Crippen LogP contribution in [0.3, 0.4) is 0 Å². The molecule has 2 unspecified atom stereocenters. The molecule has 2 amide bonds. The quantitative estimate of drug-likeness (QED) is 0.154. The standard InChI is InChI=1S/C35H42N4O6S2/c1-23(2)29-14-26(15-30(18-29)45-47(5,43)44)19-36-20-32(40)31(16-25-10-7-6-8-11-25)38-34(41)27-12-9-13-28(17-27)35(42)39(4)21-33-37-24(3)22-46-33/h6-15,17-18,22-23,31-32,36,40H,16,19-21H2,1-5H3,(H,38,41). The van der Waals surface area contributed by atoms with Crippen molar-refractivity contribution in [1.29, 1.82) is 0 Å². The van der Waals surface area contributed by atoms with Gasteiger partial charge < -0.3 is 24.8 Å². The van der Waals surface area contributed by atoms with Gasteiger partial charge in [0.25, 0.3) is 11.8 Å². The predicted molar refractivity (Wildman–Crippen MR) is 184 cm³/mol. The van der Waals surface area contributed by atoms with E-state index in [0.29, 0.717) is 30.6 Å². The number of nitrogens with zero attached hydrogens (tertiary/aromatic N) is 2. The minimum Gasteiger partial charge on any atom is -0.390 e. The second-order valence-corrected chi connectivity index (χ2v) is 14.5. The monoisotopic (exact) mass is 678 g/mol. The van der Waals surface area contributed by atoms with Crippen LogP contribution in [0.25, 0.3) is 0 Å². The topological polar surface area (TPSA) is 138 Å². The Morgan fingerprint density at radius 3 is 2.38 bits per heavy atom. The lowest BCUT2D eigenvalue weighted by atomic mass is 9.99. The lowest BCUT2D eigenvalue weighted by Crippen LogP contribution is -2.48. The third kappa shape index (κ3) is 11.0. The fraction of sp³-hybridized carbons (Fsp3) is 0.343. The predicted octanol–water partition coefficient (Wildman–Crippen LogP) is 4.68. The summed E-state index contributed by atoms with van der Waals surface area (Å²) in [4.78, 5) is 32.7. The fourth-order valence-electron chi connectivity index (χ4n) is 5.02. The molecular formula is C35H42N4O6S2. The van der Waals surface area contributed by atoms with Crippen molar-refractivity contribution in [3.8, 4) is 5.75 Å². The number of thiazole rings is 1. The van der Waals surface area contributed by atoms with E-state index < -0.39 is 28.2 Å². The van der Waals surface area contributed by atoms with Crippen molar-refractivity contribution in [3.05, 3.63) is 117 Å². The Balaban J connectivity index is 1.45. The van der Waals surface area contributed by atoms with Crippen LogP contribution >= 0.6 is 11.3 Å². The van der Waals surface area contributed by atoms with E-state index in [0.717, 1.165) is 33.6 Å². The number of aliphatic hydroxyl groups excluding tert-OH is 1. The number of carbonyl (C=O) groups is 2. The highest BCUT2D eigenvalue weighted by Crippen LogP contribution is 2.24. The highest BCUT2D eigenvalue weighted by molar-refractivity contribution is 7.86. The third-order valence-corrected chi connectivity index (χ3v) is 8.87. The minimum absolute atomic E-state index is 0.143. The van der Waals surface area contributed by atoms with Gasteiger partial charge in [-0.05, 0) is 66.3 Å². The van der Waals surface area contributed by atoms with E-state index in [1.165, 1.54) is 11.3 Å². The molecule has 3 N–H and O–H groups in total. The molecule has 4 aromatic rings. The van der Waals surface area contributed by atoms with Gasteiger partial charge in [0, 0.05) is 42.3 Å². The number of aliphatic hydroxyl groups is 1. The molecule has 47 heavy (non-hydrogen) atoms. The molecule has 1 aromatic heterocycles. The first-order valence-corrected chi connectivity index (χ1v) is 18.0. The van der Waals surface area contributed by atoms with Gasteiger partial charge in [0.2, 0.25) is 0 Å². The number of nitrogens with one attached hydrogen (secondary N) is 2. The van der Waals surface area contributed by atoms with Crippen molar-refractivity contribution < 1.29 is 27.3 Å². The molecule has 0 bridgehead atoms. The first kappa shape index (κ1) is 35.7. The smallest absolute Gasteiger partial charge is 0.306 e. The van der Waals surface area contributed by atoms with Gasteiger partial charge in [0.15, 0.2) is 0 Å². The number of carbonyl (C=O) groups excluding carboxylic acids is 2. The van der Waals surface area contributed by atoms with Crippen LogP contribution in [0.1, 0.15) is 67.9 Å². The molecule has 0 aliphatic rings. The molecule has 0 aliphatic heterocycles. The molecule has 10 nitrogen and oxygen atoms in total. The first-order valence-electron chi connectivity index (χ1n) is 15.3. The molecule has 12 heteroatoms. The largest absolute Gasteiger partial charge is 0.390 e. The average Bonchev–Trinajstić information content (AvgIpc) is 3.43. The SMILES string of the molecule is Cc1csc(CN(C)C(=O)c2cccc(C(=O)NC(Cc3ccccc3)C(O)CNCc3cc(OS(C)(=O)=O)cc(C(C)C)c3)c2)n1. The normalized spacial score (nSPS) is 12.8. The van der Waals surface area contributed by atoms with E-state index in [1.807, 2.05) is 62.5 Å². The average molecular weight is 679 g/mol. The van der Waals surface area contributed by atoms with Gasteiger partial charge in [-0.25, -0.2) is 4.98 Å². The number of rotatable bonds is 15. The van der Waals surface area contributed by atoms with Crippen LogP contribution in [0, 0.1) is 6.92 Å². The molecule has 2 atom stereocenters. The number of hydrogen-bond donors (Lipinski definition) is 3. The number of hydrogen-bond acceptors (Lipinski definition) is 9. The van der Waals surface area contributed by atoms with E-state index in [1.54, 1.807) is 48.3 Å². The molecule has 0 fully saturated rings.